The van der Waals surface area contributed by atoms with Crippen LogP contribution in [0.25, 0.3) is 0 Å². The Morgan fingerprint density at radius 3 is 2.37 bits per heavy atom. The molecule has 0 unspecified atom stereocenters. The first kappa shape index (κ1) is 14.2. The molecule has 0 bridgehead atoms. The highest BCUT2D eigenvalue weighted by Gasteiger charge is 2.33. The van der Waals surface area contributed by atoms with Gasteiger partial charge in [-0.15, -0.1) is 0 Å². The lowest BCUT2D eigenvalue weighted by atomic mass is 10.1. The number of hydrogen-bond donors (Lipinski definition) is 2. The molecule has 4 nitrogen and oxygen atoms in total. The summed E-state index contributed by atoms with van der Waals surface area (Å²) < 4.78 is 0. The Morgan fingerprint density at radius 2 is 1.89 bits per heavy atom. The van der Waals surface area contributed by atoms with Crippen LogP contribution >= 0.6 is 23.2 Å². The molecule has 0 saturated heterocycles. The first-order chi connectivity index (χ1) is 8.99. The van der Waals surface area contributed by atoms with E-state index in [2.05, 4.69) is 5.32 Å². The van der Waals surface area contributed by atoms with Gasteiger partial charge in [0.2, 0.25) is 5.91 Å². The minimum Gasteiger partial charge on any atom is -0.480 e. The molecule has 1 aliphatic rings. The highest BCUT2D eigenvalue weighted by molar-refractivity contribution is 6.36. The van der Waals surface area contributed by atoms with Crippen LogP contribution in [-0.4, -0.2) is 23.0 Å². The van der Waals surface area contributed by atoms with E-state index in [0.29, 0.717) is 15.6 Å². The molecular weight excluding hydrogens is 289 g/mol. The molecule has 1 atom stereocenters. The topological polar surface area (TPSA) is 66.4 Å². The Morgan fingerprint density at radius 1 is 1.32 bits per heavy atom. The minimum atomic E-state index is -1.09. The summed E-state index contributed by atoms with van der Waals surface area (Å²) in [7, 11) is 0. The second kappa shape index (κ2) is 5.80. The molecule has 1 aromatic rings. The van der Waals surface area contributed by atoms with Crippen molar-refractivity contribution in [3.63, 3.8) is 0 Å². The van der Waals surface area contributed by atoms with Crippen LogP contribution in [0.1, 0.15) is 18.4 Å². The van der Waals surface area contributed by atoms with Gasteiger partial charge in [0, 0.05) is 22.4 Å². The van der Waals surface area contributed by atoms with Crippen molar-refractivity contribution in [1.29, 1.82) is 0 Å². The summed E-state index contributed by atoms with van der Waals surface area (Å²) in [6, 6.07) is 3.96. The summed E-state index contributed by atoms with van der Waals surface area (Å²) in [5.74, 6) is -1.34. The molecule has 19 heavy (non-hydrogen) atoms. The molecule has 1 saturated carbocycles. The molecule has 1 amide bonds. The Hall–Kier alpha value is -1.26. The molecule has 0 aromatic heterocycles. The first-order valence-electron chi connectivity index (χ1n) is 5.95. The van der Waals surface area contributed by atoms with Crippen LogP contribution < -0.4 is 5.32 Å². The standard InChI is InChI=1S/C13H13Cl2NO3/c14-9-2-1-3-10(15)8(9)6-11(13(18)19)16-12(17)7-4-5-7/h1-3,7,11H,4-6H2,(H,16,17)(H,18,19)/t11-/m0/s1. The maximum Gasteiger partial charge on any atom is 0.326 e. The van der Waals surface area contributed by atoms with E-state index >= 15 is 0 Å². The van der Waals surface area contributed by atoms with E-state index in [0.717, 1.165) is 12.8 Å². The third kappa shape index (κ3) is 3.61. The highest BCUT2D eigenvalue weighted by Crippen LogP contribution is 2.29. The third-order valence-corrected chi connectivity index (χ3v) is 3.74. The van der Waals surface area contributed by atoms with E-state index in [1.54, 1.807) is 18.2 Å². The molecule has 1 aliphatic carbocycles. The van der Waals surface area contributed by atoms with Gasteiger partial charge in [-0.05, 0) is 30.5 Å². The minimum absolute atomic E-state index is 0.0384. The van der Waals surface area contributed by atoms with Crippen molar-refractivity contribution >= 4 is 35.1 Å². The number of hydrogen-bond acceptors (Lipinski definition) is 2. The van der Waals surface area contributed by atoms with Crippen LogP contribution in [0.15, 0.2) is 18.2 Å². The molecule has 0 heterocycles. The number of carbonyl (C=O) groups excluding carboxylic acids is 1. The Labute approximate surface area is 120 Å². The number of benzene rings is 1. The molecular formula is C13H13Cl2NO3. The van der Waals surface area contributed by atoms with Gasteiger partial charge in [0.1, 0.15) is 6.04 Å². The summed E-state index contributed by atoms with van der Waals surface area (Å²) >= 11 is 12.0. The molecule has 0 radical (unpaired) electrons. The predicted octanol–water partition coefficient (Wildman–Crippen LogP) is 2.52. The van der Waals surface area contributed by atoms with Crippen molar-refractivity contribution < 1.29 is 14.7 Å². The van der Waals surface area contributed by atoms with Crippen LogP contribution in [0.4, 0.5) is 0 Å². The van der Waals surface area contributed by atoms with E-state index < -0.39 is 12.0 Å². The Balaban J connectivity index is 2.11. The van der Waals surface area contributed by atoms with Crippen molar-refractivity contribution in [2.45, 2.75) is 25.3 Å². The van der Waals surface area contributed by atoms with Gasteiger partial charge < -0.3 is 10.4 Å². The quantitative estimate of drug-likeness (QED) is 0.878. The zero-order chi connectivity index (χ0) is 14.0. The fraction of sp³-hybridized carbons (Fsp3) is 0.385. The zero-order valence-electron chi connectivity index (χ0n) is 10.0. The average Bonchev–Trinajstić information content (AvgIpc) is 3.16. The van der Waals surface area contributed by atoms with E-state index in [4.69, 9.17) is 28.3 Å². The summed E-state index contributed by atoms with van der Waals surface area (Å²) in [6.07, 6.45) is 1.72. The molecule has 6 heteroatoms. The van der Waals surface area contributed by atoms with Crippen LogP contribution in [0, 0.1) is 5.92 Å². The molecule has 0 aliphatic heterocycles. The number of carbonyl (C=O) groups is 2. The van der Waals surface area contributed by atoms with Gasteiger partial charge in [-0.2, -0.15) is 0 Å². The van der Waals surface area contributed by atoms with Crippen molar-refractivity contribution in [2.75, 3.05) is 0 Å². The fourth-order valence-corrected chi connectivity index (χ4v) is 2.32. The number of carboxylic acid groups (broad SMARTS) is 1. The lowest BCUT2D eigenvalue weighted by molar-refractivity contribution is -0.142. The van der Waals surface area contributed by atoms with Gasteiger partial charge in [0.25, 0.3) is 0 Å². The maximum absolute atomic E-state index is 11.6. The van der Waals surface area contributed by atoms with Crippen molar-refractivity contribution in [1.82, 2.24) is 5.32 Å². The summed E-state index contributed by atoms with van der Waals surface area (Å²) in [4.78, 5) is 22.8. The third-order valence-electron chi connectivity index (χ3n) is 3.03. The predicted molar refractivity (Wildman–Crippen MR) is 72.5 cm³/mol. The Bertz CT molecular complexity index is 494. The van der Waals surface area contributed by atoms with Crippen molar-refractivity contribution in [2.24, 2.45) is 5.92 Å². The number of halogens is 2. The van der Waals surface area contributed by atoms with Crippen molar-refractivity contribution in [3.8, 4) is 0 Å². The van der Waals surface area contributed by atoms with Crippen molar-refractivity contribution in [3.05, 3.63) is 33.8 Å². The summed E-state index contributed by atoms with van der Waals surface area (Å²) in [5.41, 5.74) is 0.536. The average molecular weight is 302 g/mol. The highest BCUT2D eigenvalue weighted by atomic mass is 35.5. The van der Waals surface area contributed by atoms with Gasteiger partial charge in [0.15, 0.2) is 0 Å². The van der Waals surface area contributed by atoms with Crippen LogP contribution in [-0.2, 0) is 16.0 Å². The van der Waals surface area contributed by atoms with E-state index in [-0.39, 0.29) is 18.2 Å². The number of carboxylic acids is 1. The van der Waals surface area contributed by atoms with Crippen LogP contribution in [0.3, 0.4) is 0 Å². The SMILES string of the molecule is O=C(N[C@@H](Cc1c(Cl)cccc1Cl)C(=O)O)C1CC1. The van der Waals surface area contributed by atoms with Gasteiger partial charge >= 0.3 is 5.97 Å². The molecule has 0 spiro atoms. The molecule has 102 valence electrons. The first-order valence-corrected chi connectivity index (χ1v) is 6.70. The molecule has 1 aromatic carbocycles. The number of aliphatic carboxylic acids is 1. The smallest absolute Gasteiger partial charge is 0.326 e. The van der Waals surface area contributed by atoms with Crippen LogP contribution in [0.2, 0.25) is 10.0 Å². The van der Waals surface area contributed by atoms with Gasteiger partial charge in [-0.3, -0.25) is 4.79 Å². The van der Waals surface area contributed by atoms with Gasteiger partial charge in [-0.25, -0.2) is 4.79 Å². The number of rotatable bonds is 5. The zero-order valence-corrected chi connectivity index (χ0v) is 11.5. The largest absolute Gasteiger partial charge is 0.480 e. The van der Waals surface area contributed by atoms with Crippen LogP contribution in [0.5, 0.6) is 0 Å². The van der Waals surface area contributed by atoms with Gasteiger partial charge in [-0.1, -0.05) is 29.3 Å². The lowest BCUT2D eigenvalue weighted by Crippen LogP contribution is -2.43. The van der Waals surface area contributed by atoms with E-state index in [1.165, 1.54) is 0 Å². The van der Waals surface area contributed by atoms with Gasteiger partial charge in [0.05, 0.1) is 0 Å². The molecule has 2 N–H and O–H groups in total. The fourth-order valence-electron chi connectivity index (χ4n) is 1.77. The lowest BCUT2D eigenvalue weighted by Gasteiger charge is -2.16. The summed E-state index contributed by atoms with van der Waals surface area (Å²) in [5, 5.41) is 12.5. The molecule has 1 fully saturated rings. The monoisotopic (exact) mass is 301 g/mol. The maximum atomic E-state index is 11.6. The number of amides is 1. The molecule has 2 rings (SSSR count). The normalized spacial score (nSPS) is 15.9. The van der Waals surface area contributed by atoms with E-state index in [9.17, 15) is 9.59 Å². The second-order valence-electron chi connectivity index (χ2n) is 4.58. The Kier molecular flexibility index (Phi) is 4.32. The van der Waals surface area contributed by atoms with E-state index in [1.807, 2.05) is 0 Å². The summed E-state index contributed by atoms with van der Waals surface area (Å²) in [6.45, 7) is 0. The number of nitrogens with one attached hydrogen (secondary N) is 1. The second-order valence-corrected chi connectivity index (χ2v) is 5.39.